The third-order valence-corrected chi connectivity index (χ3v) is 9.07. The highest BCUT2D eigenvalue weighted by Crippen LogP contribution is 2.37. The van der Waals surface area contributed by atoms with Crippen LogP contribution in [-0.4, -0.2) is 121 Å². The van der Waals surface area contributed by atoms with Crippen molar-refractivity contribution in [1.29, 1.82) is 0 Å². The third kappa shape index (κ3) is 21.5. The largest absolute Gasteiger partial charge is 0.469 e. The number of carbonyl (C=O) groups excluding carboxylic acids is 8. The summed E-state index contributed by atoms with van der Waals surface area (Å²) in [5.74, 6) is -10.7. The fourth-order valence-corrected chi connectivity index (χ4v) is 5.22. The third-order valence-electron chi connectivity index (χ3n) is 8.10. The van der Waals surface area contributed by atoms with E-state index in [1.807, 2.05) is 0 Å². The van der Waals surface area contributed by atoms with Crippen molar-refractivity contribution >= 4 is 62.4 Å². The van der Waals surface area contributed by atoms with Crippen molar-refractivity contribution in [3.05, 3.63) is 0 Å². The number of nitrogens with two attached hydrogens (primary N) is 1. The molecule has 9 atom stereocenters. The summed E-state index contributed by atoms with van der Waals surface area (Å²) in [6.07, 6.45) is -2.01. The van der Waals surface area contributed by atoms with Crippen molar-refractivity contribution in [2.24, 2.45) is 29.4 Å². The van der Waals surface area contributed by atoms with Gasteiger partial charge in [-0.05, 0) is 27.7 Å². The number of hydrogen-bond acceptors (Lipinski definition) is 14. The van der Waals surface area contributed by atoms with Gasteiger partial charge in [-0.1, -0.05) is 20.8 Å². The molecule has 0 fully saturated rings. The van der Waals surface area contributed by atoms with Gasteiger partial charge in [0.05, 0.1) is 43.9 Å². The number of ketones is 4. The Balaban J connectivity index is 5.66. The maximum atomic E-state index is 13.1. The lowest BCUT2D eigenvalue weighted by Gasteiger charge is -2.23. The number of Topliss-reactive ketones (excluding diaryl/α,β-unsaturated/α-hetero) is 4. The highest BCUT2D eigenvalue weighted by molar-refractivity contribution is 7.46. The molecule has 0 aromatic carbocycles. The van der Waals surface area contributed by atoms with Gasteiger partial charge < -0.3 is 51.7 Å². The van der Waals surface area contributed by atoms with Gasteiger partial charge in [-0.3, -0.25) is 47.4 Å². The molecule has 0 aromatic heterocycles. The van der Waals surface area contributed by atoms with Gasteiger partial charge in [-0.2, -0.15) is 0 Å². The summed E-state index contributed by atoms with van der Waals surface area (Å²) in [4.78, 5) is 138. The molecule has 0 spiro atoms. The van der Waals surface area contributed by atoms with Gasteiger partial charge in [0.1, 0.15) is 11.8 Å². The smallest absolute Gasteiger partial charge is 0.394 e. The molecule has 24 heteroatoms. The van der Waals surface area contributed by atoms with Gasteiger partial charge in [-0.25, -0.2) is 9.13 Å². The molecule has 0 bridgehead atoms. The maximum Gasteiger partial charge on any atom is 0.469 e. The first-order valence-electron chi connectivity index (χ1n) is 17.2. The molecule has 4 amide bonds. The van der Waals surface area contributed by atoms with Crippen LogP contribution in [0.4, 0.5) is 0 Å². The number of aliphatic hydroxyl groups excluding tert-OH is 1. The van der Waals surface area contributed by atoms with Crippen molar-refractivity contribution in [2.75, 3.05) is 19.8 Å². The minimum Gasteiger partial charge on any atom is -0.394 e. The quantitative estimate of drug-likeness (QED) is 0.0397. The second kappa shape index (κ2) is 23.7. The van der Waals surface area contributed by atoms with E-state index >= 15 is 0 Å². The van der Waals surface area contributed by atoms with Crippen molar-refractivity contribution in [1.82, 2.24) is 21.3 Å². The minimum atomic E-state index is -5.14. The van der Waals surface area contributed by atoms with Crippen molar-refractivity contribution in [3.8, 4) is 0 Å². The van der Waals surface area contributed by atoms with Crippen molar-refractivity contribution in [2.45, 2.75) is 104 Å². The summed E-state index contributed by atoms with van der Waals surface area (Å²) in [5.41, 5.74) is 5.51. The van der Waals surface area contributed by atoms with E-state index in [1.165, 1.54) is 41.5 Å². The van der Waals surface area contributed by atoms with Gasteiger partial charge >= 0.3 is 15.6 Å². The van der Waals surface area contributed by atoms with Crippen LogP contribution < -0.4 is 27.0 Å². The van der Waals surface area contributed by atoms with E-state index in [9.17, 15) is 57.3 Å². The van der Waals surface area contributed by atoms with Crippen molar-refractivity contribution in [3.63, 3.8) is 0 Å². The van der Waals surface area contributed by atoms with Crippen LogP contribution in [0.1, 0.15) is 74.1 Å². The van der Waals surface area contributed by atoms with E-state index in [0.29, 0.717) is 0 Å². The Kier molecular flexibility index (Phi) is 22.3. The lowest BCUT2D eigenvalue weighted by Crippen LogP contribution is -2.48. The average Bonchev–Trinajstić information content (AvgIpc) is 3.06. The number of nitrogens with one attached hydrogen (secondary N) is 4. The second-order valence-corrected chi connectivity index (χ2v) is 16.0. The zero-order valence-electron chi connectivity index (χ0n) is 31.8. The molecular formula is C31H55N5O17P2. The van der Waals surface area contributed by atoms with E-state index in [0.717, 1.165) is 0 Å². The normalized spacial score (nSPS) is 16.8. The standard InChI is InChI=1S/C31H55N5O17P2/c1-15(8-24(38)19(5)32)30(44)36-23(14-53-55(49,50)51)27(41)10-17(3)29(43)34-21(7)26(40)11-22(13-52-54(46,47)48)31(45)35-20(6)25(39)9-16(2)28(42)33-18(4)12-37/h15-23,37H,8-14,32H2,1-7H3,(H,33,42)(H,34,43)(H,35,45)(H,36,44)(H2,46,47,48)(H2,49,50,51)/t15-,16-,17-,18-,19+,20+,21+,22+,23+/m1/s1. The second-order valence-electron chi connectivity index (χ2n) is 13.6. The monoisotopic (exact) mass is 831 g/mol. The molecule has 0 aliphatic rings. The molecule has 0 aromatic rings. The molecule has 0 heterocycles. The maximum absolute atomic E-state index is 13.1. The lowest BCUT2D eigenvalue weighted by molar-refractivity contribution is -0.136. The fourth-order valence-electron chi connectivity index (χ4n) is 4.50. The molecule has 0 saturated carbocycles. The summed E-state index contributed by atoms with van der Waals surface area (Å²) >= 11 is 0. The SMILES string of the molecule is C[C@H](CO)NC(=O)[C@H](C)CC(=O)[C@H](C)NC(=O)[C@H](COP(=O)(O)O)CC(=O)[C@H](C)NC(=O)[C@H](C)CC(=O)[C@H](COP(=O)(O)O)NC(=O)[C@H](C)CC(=O)[C@H](C)N. The molecule has 11 N–H and O–H groups in total. The fraction of sp³-hybridized carbons (Fsp3) is 0.742. The Morgan fingerprint density at radius 3 is 1.38 bits per heavy atom. The van der Waals surface area contributed by atoms with Gasteiger partial charge in [0.2, 0.25) is 23.6 Å². The van der Waals surface area contributed by atoms with E-state index in [2.05, 4.69) is 30.3 Å². The molecule has 22 nitrogen and oxygen atoms in total. The Hall–Kier alpha value is -3.30. The molecule has 0 aliphatic carbocycles. The number of rotatable bonds is 27. The first-order chi connectivity index (χ1) is 25.1. The molecule has 55 heavy (non-hydrogen) atoms. The molecular weight excluding hydrogens is 776 g/mol. The van der Waals surface area contributed by atoms with Crippen LogP contribution in [-0.2, 0) is 56.5 Å². The first kappa shape index (κ1) is 51.7. The molecule has 316 valence electrons. The van der Waals surface area contributed by atoms with Crippen LogP contribution in [0.3, 0.4) is 0 Å². The highest BCUT2D eigenvalue weighted by Gasteiger charge is 2.33. The zero-order valence-corrected chi connectivity index (χ0v) is 33.5. The van der Waals surface area contributed by atoms with Crippen LogP contribution in [0.5, 0.6) is 0 Å². The average molecular weight is 832 g/mol. The molecule has 0 aliphatic heterocycles. The summed E-state index contributed by atoms with van der Waals surface area (Å²) in [6.45, 7) is 7.21. The van der Waals surface area contributed by atoms with Crippen LogP contribution in [0.15, 0.2) is 0 Å². The Bertz CT molecular complexity index is 1480. The minimum absolute atomic E-state index is 0.300. The van der Waals surface area contributed by atoms with E-state index in [-0.39, 0.29) is 19.4 Å². The van der Waals surface area contributed by atoms with Gasteiger partial charge in [0.25, 0.3) is 0 Å². The Morgan fingerprint density at radius 1 is 0.545 bits per heavy atom. The van der Waals surface area contributed by atoms with Gasteiger partial charge in [0.15, 0.2) is 17.3 Å². The van der Waals surface area contributed by atoms with Gasteiger partial charge in [0, 0.05) is 49.5 Å². The van der Waals surface area contributed by atoms with Crippen LogP contribution in [0, 0.1) is 23.7 Å². The van der Waals surface area contributed by atoms with Crippen LogP contribution >= 0.6 is 15.6 Å². The Labute approximate surface area is 318 Å². The summed E-state index contributed by atoms with van der Waals surface area (Å²) in [5, 5.41) is 18.5. The number of phosphoric ester groups is 2. The molecule has 0 unspecified atom stereocenters. The first-order valence-corrected chi connectivity index (χ1v) is 20.2. The molecule has 0 rings (SSSR count). The zero-order chi connectivity index (χ0) is 43.0. The lowest BCUT2D eigenvalue weighted by atomic mass is 9.95. The van der Waals surface area contributed by atoms with Gasteiger partial charge in [-0.15, -0.1) is 0 Å². The number of aliphatic hydroxyl groups is 1. The number of hydrogen-bond donors (Lipinski definition) is 10. The summed E-state index contributed by atoms with van der Waals surface area (Å²) in [6, 6.07) is -5.69. The van der Waals surface area contributed by atoms with E-state index < -0.39 is 142 Å². The topological polar surface area (TPSA) is 364 Å². The molecule has 0 radical (unpaired) electrons. The molecule has 0 saturated heterocycles. The van der Waals surface area contributed by atoms with Crippen molar-refractivity contribution < 1.29 is 81.2 Å². The highest BCUT2D eigenvalue weighted by atomic mass is 31.2. The predicted octanol–water partition coefficient (Wildman–Crippen LogP) is -2.10. The number of carbonyl (C=O) groups is 8. The summed E-state index contributed by atoms with van der Waals surface area (Å²) < 4.78 is 31.5. The number of amides is 4. The predicted molar refractivity (Wildman–Crippen MR) is 191 cm³/mol. The van der Waals surface area contributed by atoms with Crippen LogP contribution in [0.25, 0.3) is 0 Å². The van der Waals surface area contributed by atoms with E-state index in [1.54, 1.807) is 6.92 Å². The summed E-state index contributed by atoms with van der Waals surface area (Å²) in [7, 11) is -10.3. The van der Waals surface area contributed by atoms with Crippen LogP contribution in [0.2, 0.25) is 0 Å². The van der Waals surface area contributed by atoms with E-state index in [4.69, 9.17) is 20.6 Å². The Morgan fingerprint density at radius 2 is 0.927 bits per heavy atom. The number of phosphoric acid groups is 2.